The van der Waals surface area contributed by atoms with Gasteiger partial charge in [-0.3, -0.25) is 9.59 Å². The summed E-state index contributed by atoms with van der Waals surface area (Å²) in [6.07, 6.45) is 0. The van der Waals surface area contributed by atoms with Crippen LogP contribution in [-0.4, -0.2) is 64.5 Å². The van der Waals surface area contributed by atoms with Crippen LogP contribution in [0.4, 0.5) is 10.2 Å². The summed E-state index contributed by atoms with van der Waals surface area (Å²) < 4.78 is 13.4. The summed E-state index contributed by atoms with van der Waals surface area (Å²) >= 11 is 1.34. The van der Waals surface area contributed by atoms with Crippen molar-refractivity contribution in [3.63, 3.8) is 0 Å². The maximum Gasteiger partial charge on any atom is 0.264 e. The van der Waals surface area contributed by atoms with Crippen molar-refractivity contribution in [2.24, 2.45) is 0 Å². The molecule has 0 radical (unpaired) electrons. The Morgan fingerprint density at radius 1 is 0.921 bits per heavy atom. The van der Waals surface area contributed by atoms with Crippen LogP contribution < -0.4 is 4.90 Å². The molecule has 0 N–H and O–H groups in total. The van der Waals surface area contributed by atoms with Crippen LogP contribution >= 0.6 is 11.3 Å². The summed E-state index contributed by atoms with van der Waals surface area (Å²) in [5.74, 6) is 0.116. The highest BCUT2D eigenvalue weighted by Crippen LogP contribution is 2.20. The molecule has 2 amide bonds. The number of anilines is 1. The van der Waals surface area contributed by atoms with Crippen molar-refractivity contribution in [1.29, 1.82) is 0 Å². The van der Waals surface area contributed by atoms with E-state index in [1.54, 1.807) is 23.1 Å². The molecule has 9 heteroatoms. The van der Waals surface area contributed by atoms with Crippen LogP contribution in [0.1, 0.15) is 20.8 Å². The number of carbonyl (C=O) groups is 2. The van der Waals surface area contributed by atoms with Crippen LogP contribution in [0.5, 0.6) is 0 Å². The van der Waals surface area contributed by atoms with Gasteiger partial charge < -0.3 is 14.7 Å². The number of aryl methyl sites for hydroxylation is 1. The zero-order chi connectivity index (χ0) is 26.5. The van der Waals surface area contributed by atoms with Crippen LogP contribution in [0, 0.1) is 12.7 Å². The summed E-state index contributed by atoms with van der Waals surface area (Å²) in [6.45, 7) is 4.54. The highest BCUT2D eigenvalue weighted by molar-refractivity contribution is 7.12. The molecule has 7 nitrogen and oxygen atoms in total. The third-order valence-electron chi connectivity index (χ3n) is 6.59. The van der Waals surface area contributed by atoms with Gasteiger partial charge in [0.05, 0.1) is 10.6 Å². The van der Waals surface area contributed by atoms with Gasteiger partial charge in [-0.25, -0.2) is 4.39 Å². The number of aromatic nitrogens is 2. The second kappa shape index (κ2) is 11.5. The topological polar surface area (TPSA) is 69.6 Å². The van der Waals surface area contributed by atoms with Crippen molar-refractivity contribution in [1.82, 2.24) is 20.0 Å². The van der Waals surface area contributed by atoms with Gasteiger partial charge in [-0.1, -0.05) is 48.0 Å². The molecule has 0 bridgehead atoms. The third-order valence-corrected chi connectivity index (χ3v) is 7.44. The van der Waals surface area contributed by atoms with E-state index < -0.39 is 0 Å². The quantitative estimate of drug-likeness (QED) is 0.349. The highest BCUT2D eigenvalue weighted by atomic mass is 32.1. The first-order valence-corrected chi connectivity index (χ1v) is 13.3. The molecule has 3 heterocycles. The molecule has 0 aliphatic carbocycles. The molecule has 1 saturated heterocycles. The minimum atomic E-state index is -0.340. The molecule has 1 aliphatic rings. The molecule has 0 atom stereocenters. The fraction of sp³-hybridized carbons (Fsp3) is 0.241. The maximum atomic E-state index is 13.4. The summed E-state index contributed by atoms with van der Waals surface area (Å²) in [6, 6.07) is 21.7. The minimum Gasteiger partial charge on any atom is -0.352 e. The van der Waals surface area contributed by atoms with Gasteiger partial charge in [0.15, 0.2) is 5.82 Å². The molecule has 0 saturated carbocycles. The van der Waals surface area contributed by atoms with Crippen molar-refractivity contribution >= 4 is 29.0 Å². The smallest absolute Gasteiger partial charge is 0.264 e. The summed E-state index contributed by atoms with van der Waals surface area (Å²) in [5.41, 5.74) is 3.80. The first-order valence-electron chi connectivity index (χ1n) is 12.5. The van der Waals surface area contributed by atoms with Gasteiger partial charge >= 0.3 is 0 Å². The summed E-state index contributed by atoms with van der Waals surface area (Å²) in [5, 5.41) is 10.6. The first-order chi connectivity index (χ1) is 18.5. The van der Waals surface area contributed by atoms with Crippen LogP contribution in [0.25, 0.3) is 11.3 Å². The van der Waals surface area contributed by atoms with E-state index in [0.29, 0.717) is 31.1 Å². The van der Waals surface area contributed by atoms with E-state index >= 15 is 0 Å². The molecular weight excluding hydrogens is 501 g/mol. The standard InChI is InChI=1S/C29H28FN5O2S/c1-21-4-8-23(9-5-21)25-12-13-27(32-31-25)33-14-16-34(17-15-33)28(36)20-35(29(37)26-3-2-18-38-26)19-22-6-10-24(30)11-7-22/h2-13,18H,14-17,19-20H2,1H3. The van der Waals surface area contributed by atoms with E-state index in [9.17, 15) is 14.0 Å². The lowest BCUT2D eigenvalue weighted by Crippen LogP contribution is -2.52. The molecule has 0 unspecified atom stereocenters. The number of nitrogens with zero attached hydrogens (tertiary/aromatic N) is 5. The van der Waals surface area contributed by atoms with Gasteiger partial charge in [-0.15, -0.1) is 21.5 Å². The van der Waals surface area contributed by atoms with E-state index in [2.05, 4.69) is 27.2 Å². The predicted molar refractivity (Wildman–Crippen MR) is 146 cm³/mol. The van der Waals surface area contributed by atoms with E-state index in [4.69, 9.17) is 0 Å². The molecule has 1 aliphatic heterocycles. The van der Waals surface area contributed by atoms with Crippen molar-refractivity contribution < 1.29 is 14.0 Å². The van der Waals surface area contributed by atoms with E-state index in [0.717, 1.165) is 22.6 Å². The number of carbonyl (C=O) groups excluding carboxylic acids is 2. The lowest BCUT2D eigenvalue weighted by molar-refractivity contribution is -0.132. The Labute approximate surface area is 225 Å². The minimum absolute atomic E-state index is 0.0425. The molecule has 4 aromatic rings. The van der Waals surface area contributed by atoms with Crippen LogP contribution in [0.3, 0.4) is 0 Å². The molecule has 5 rings (SSSR count). The van der Waals surface area contributed by atoms with E-state index in [-0.39, 0.29) is 30.7 Å². The Bertz CT molecular complexity index is 1370. The number of amides is 2. The predicted octanol–water partition coefficient (Wildman–Crippen LogP) is 4.64. The second-order valence-corrected chi connectivity index (χ2v) is 10.2. The fourth-order valence-corrected chi connectivity index (χ4v) is 5.08. The van der Waals surface area contributed by atoms with Gasteiger partial charge in [0, 0.05) is 38.3 Å². The SMILES string of the molecule is Cc1ccc(-c2ccc(N3CCN(C(=O)CN(Cc4ccc(F)cc4)C(=O)c4cccs4)CC3)nn2)cc1. The van der Waals surface area contributed by atoms with Crippen molar-refractivity contribution in [2.45, 2.75) is 13.5 Å². The second-order valence-electron chi connectivity index (χ2n) is 9.28. The monoisotopic (exact) mass is 529 g/mol. The lowest BCUT2D eigenvalue weighted by Gasteiger charge is -2.36. The molecule has 2 aromatic carbocycles. The molecule has 194 valence electrons. The molecule has 0 spiro atoms. The number of hydrogen-bond acceptors (Lipinski definition) is 6. The van der Waals surface area contributed by atoms with E-state index in [1.807, 2.05) is 42.6 Å². The Morgan fingerprint density at radius 2 is 1.66 bits per heavy atom. The molecule has 1 fully saturated rings. The summed E-state index contributed by atoms with van der Waals surface area (Å²) in [7, 11) is 0. The van der Waals surface area contributed by atoms with Crippen LogP contribution in [0.2, 0.25) is 0 Å². The van der Waals surface area contributed by atoms with Gasteiger partial charge in [-0.2, -0.15) is 0 Å². The third kappa shape index (κ3) is 6.06. The van der Waals surface area contributed by atoms with Gasteiger partial charge in [-0.05, 0) is 48.2 Å². The van der Waals surface area contributed by atoms with Crippen molar-refractivity contribution in [2.75, 3.05) is 37.6 Å². The Kier molecular flexibility index (Phi) is 7.74. The van der Waals surface area contributed by atoms with Gasteiger partial charge in [0.2, 0.25) is 5.91 Å². The zero-order valence-corrected chi connectivity index (χ0v) is 21.9. The number of halogens is 1. The van der Waals surface area contributed by atoms with Crippen molar-refractivity contribution in [3.05, 3.63) is 100.0 Å². The van der Waals surface area contributed by atoms with Gasteiger partial charge in [0.1, 0.15) is 12.4 Å². The molecule has 38 heavy (non-hydrogen) atoms. The first kappa shape index (κ1) is 25.5. The van der Waals surface area contributed by atoms with Crippen LogP contribution in [0.15, 0.2) is 78.2 Å². The Balaban J connectivity index is 1.20. The van der Waals surface area contributed by atoms with Crippen molar-refractivity contribution in [3.8, 4) is 11.3 Å². The zero-order valence-electron chi connectivity index (χ0n) is 21.1. The highest BCUT2D eigenvalue weighted by Gasteiger charge is 2.26. The largest absolute Gasteiger partial charge is 0.352 e. The lowest BCUT2D eigenvalue weighted by atomic mass is 10.1. The average Bonchev–Trinajstić information content (AvgIpc) is 3.49. The fourth-order valence-electron chi connectivity index (χ4n) is 4.39. The number of rotatable bonds is 7. The normalized spacial score (nSPS) is 13.4. The number of hydrogen-bond donors (Lipinski definition) is 0. The number of benzene rings is 2. The van der Waals surface area contributed by atoms with Crippen LogP contribution in [-0.2, 0) is 11.3 Å². The Hall–Kier alpha value is -4.11. The summed E-state index contributed by atoms with van der Waals surface area (Å²) in [4.78, 5) is 32.4. The van der Waals surface area contributed by atoms with E-state index in [1.165, 1.54) is 33.9 Å². The molecule has 2 aromatic heterocycles. The maximum absolute atomic E-state index is 13.4. The van der Waals surface area contributed by atoms with Gasteiger partial charge in [0.25, 0.3) is 5.91 Å². The molecular formula is C29H28FN5O2S. The number of thiophene rings is 1. The average molecular weight is 530 g/mol. The number of piperazine rings is 1. The Morgan fingerprint density at radius 3 is 2.29 bits per heavy atom.